The number of likely N-dealkylation sites (tertiary alicyclic amines) is 1. The number of nitrogens with zero attached hydrogens (tertiary/aromatic N) is 1. The Morgan fingerprint density at radius 2 is 2.19 bits per heavy atom. The summed E-state index contributed by atoms with van der Waals surface area (Å²) >= 11 is 1.62. The van der Waals surface area contributed by atoms with E-state index in [1.165, 1.54) is 4.70 Å². The molecule has 0 bridgehead atoms. The maximum atomic E-state index is 11.8. The molecular formula is C16H17NO3S. The largest absolute Gasteiger partial charge is 0.464 e. The zero-order chi connectivity index (χ0) is 14.7. The van der Waals surface area contributed by atoms with Crippen LogP contribution in [0.15, 0.2) is 30.3 Å². The Kier molecular flexibility index (Phi) is 4.20. The second-order valence-electron chi connectivity index (χ2n) is 5.13. The predicted octanol–water partition coefficient (Wildman–Crippen LogP) is 2.61. The first-order valence-corrected chi connectivity index (χ1v) is 7.95. The molecule has 0 N–H and O–H groups in total. The van der Waals surface area contributed by atoms with Crippen molar-refractivity contribution in [3.8, 4) is 0 Å². The molecule has 1 aromatic carbocycles. The third kappa shape index (κ3) is 3.42. The Bertz CT molecular complexity index is 631. The monoisotopic (exact) mass is 303 g/mol. The third-order valence-corrected chi connectivity index (χ3v) is 4.71. The van der Waals surface area contributed by atoms with Gasteiger partial charge in [-0.15, -0.1) is 11.3 Å². The van der Waals surface area contributed by atoms with Crippen LogP contribution in [-0.2, 0) is 20.7 Å². The molecule has 0 aliphatic carbocycles. The van der Waals surface area contributed by atoms with Gasteiger partial charge < -0.3 is 9.64 Å². The van der Waals surface area contributed by atoms with E-state index in [2.05, 4.69) is 0 Å². The number of amides is 1. The van der Waals surface area contributed by atoms with Crippen molar-refractivity contribution in [1.82, 2.24) is 4.90 Å². The van der Waals surface area contributed by atoms with Crippen molar-refractivity contribution in [2.75, 3.05) is 19.7 Å². The fourth-order valence-corrected chi connectivity index (χ4v) is 3.58. The predicted molar refractivity (Wildman–Crippen MR) is 82.3 cm³/mol. The van der Waals surface area contributed by atoms with Crippen LogP contribution in [0.25, 0.3) is 10.1 Å². The number of carbonyl (C=O) groups excluding carboxylic acids is 2. The van der Waals surface area contributed by atoms with Crippen LogP contribution in [0.3, 0.4) is 0 Å². The van der Waals surface area contributed by atoms with E-state index in [1.807, 2.05) is 30.3 Å². The van der Waals surface area contributed by atoms with Gasteiger partial charge in [-0.05, 0) is 23.9 Å². The van der Waals surface area contributed by atoms with Gasteiger partial charge in [0.15, 0.2) is 0 Å². The highest BCUT2D eigenvalue weighted by molar-refractivity contribution is 7.19. The van der Waals surface area contributed by atoms with Crippen molar-refractivity contribution in [3.05, 3.63) is 35.2 Å². The maximum absolute atomic E-state index is 11.8. The highest BCUT2D eigenvalue weighted by atomic mass is 32.1. The highest BCUT2D eigenvalue weighted by Gasteiger charge is 2.19. The van der Waals surface area contributed by atoms with Crippen molar-refractivity contribution in [2.24, 2.45) is 0 Å². The molecule has 5 heteroatoms. The molecule has 0 unspecified atom stereocenters. The number of rotatable bonds is 5. The van der Waals surface area contributed by atoms with E-state index in [-0.39, 0.29) is 18.5 Å². The van der Waals surface area contributed by atoms with Crippen molar-refractivity contribution in [2.45, 2.75) is 19.3 Å². The van der Waals surface area contributed by atoms with Crippen LogP contribution in [0, 0.1) is 0 Å². The first-order valence-electron chi connectivity index (χ1n) is 7.13. The Morgan fingerprint density at radius 3 is 2.95 bits per heavy atom. The number of carbonyl (C=O) groups is 2. The molecule has 0 spiro atoms. The lowest BCUT2D eigenvalue weighted by molar-refractivity contribution is -0.144. The number of ether oxygens (including phenoxy) is 1. The number of hydrogen-bond donors (Lipinski definition) is 0. The molecule has 3 rings (SSSR count). The molecule has 1 aromatic heterocycles. The van der Waals surface area contributed by atoms with Gasteiger partial charge in [0.2, 0.25) is 5.91 Å². The van der Waals surface area contributed by atoms with Crippen LogP contribution in [0.2, 0.25) is 0 Å². The summed E-state index contributed by atoms with van der Waals surface area (Å²) in [7, 11) is 0. The van der Waals surface area contributed by atoms with E-state index in [1.54, 1.807) is 16.2 Å². The molecule has 1 amide bonds. The SMILES string of the molecule is O=C(Cc1cc2ccccc2s1)OCCN1CCCC1=O. The van der Waals surface area contributed by atoms with Gasteiger partial charge in [-0.3, -0.25) is 9.59 Å². The molecule has 0 saturated carbocycles. The lowest BCUT2D eigenvalue weighted by atomic mass is 10.2. The van der Waals surface area contributed by atoms with Crippen molar-refractivity contribution < 1.29 is 14.3 Å². The average Bonchev–Trinajstić information content (AvgIpc) is 3.04. The Hall–Kier alpha value is -1.88. The van der Waals surface area contributed by atoms with Crippen molar-refractivity contribution in [3.63, 3.8) is 0 Å². The summed E-state index contributed by atoms with van der Waals surface area (Å²) in [6.45, 7) is 1.58. The van der Waals surface area contributed by atoms with E-state index in [9.17, 15) is 9.59 Å². The summed E-state index contributed by atoms with van der Waals surface area (Å²) in [5, 5.41) is 1.16. The molecule has 1 aliphatic heterocycles. The van der Waals surface area contributed by atoms with Gasteiger partial charge in [-0.25, -0.2) is 0 Å². The standard InChI is InChI=1S/C16H17NO3S/c18-15-6-3-7-17(15)8-9-20-16(19)11-13-10-12-4-1-2-5-14(12)21-13/h1-2,4-5,10H,3,6-9,11H2. The van der Waals surface area contributed by atoms with Crippen LogP contribution in [-0.4, -0.2) is 36.5 Å². The fourth-order valence-electron chi connectivity index (χ4n) is 2.53. The van der Waals surface area contributed by atoms with Crippen molar-refractivity contribution >= 4 is 33.3 Å². The maximum Gasteiger partial charge on any atom is 0.311 e. The lowest BCUT2D eigenvalue weighted by Gasteiger charge is -2.14. The summed E-state index contributed by atoms with van der Waals surface area (Å²) in [6, 6.07) is 10.1. The Morgan fingerprint density at radius 1 is 1.33 bits per heavy atom. The minimum atomic E-state index is -0.229. The molecule has 21 heavy (non-hydrogen) atoms. The smallest absolute Gasteiger partial charge is 0.311 e. The summed E-state index contributed by atoms with van der Waals surface area (Å²) < 4.78 is 6.41. The molecule has 1 saturated heterocycles. The van der Waals surface area contributed by atoms with Crippen LogP contribution in [0.5, 0.6) is 0 Å². The second kappa shape index (κ2) is 6.26. The van der Waals surface area contributed by atoms with Crippen LogP contribution >= 0.6 is 11.3 Å². The van der Waals surface area contributed by atoms with E-state index < -0.39 is 0 Å². The topological polar surface area (TPSA) is 46.6 Å². The van der Waals surface area contributed by atoms with E-state index in [0.29, 0.717) is 19.4 Å². The van der Waals surface area contributed by atoms with E-state index >= 15 is 0 Å². The Balaban J connectivity index is 1.48. The number of fused-ring (bicyclic) bond motifs is 1. The average molecular weight is 303 g/mol. The van der Waals surface area contributed by atoms with Crippen molar-refractivity contribution in [1.29, 1.82) is 0 Å². The van der Waals surface area contributed by atoms with Gasteiger partial charge in [-0.2, -0.15) is 0 Å². The zero-order valence-corrected chi connectivity index (χ0v) is 12.5. The summed E-state index contributed by atoms with van der Waals surface area (Å²) in [5.41, 5.74) is 0. The second-order valence-corrected chi connectivity index (χ2v) is 6.30. The number of esters is 1. The van der Waals surface area contributed by atoms with Gasteiger partial charge in [0.05, 0.1) is 13.0 Å². The van der Waals surface area contributed by atoms with Gasteiger partial charge in [0.25, 0.3) is 0 Å². The lowest BCUT2D eigenvalue weighted by Crippen LogP contribution is -2.29. The molecule has 1 fully saturated rings. The fraction of sp³-hybridized carbons (Fsp3) is 0.375. The van der Waals surface area contributed by atoms with Crippen LogP contribution in [0.4, 0.5) is 0 Å². The van der Waals surface area contributed by atoms with E-state index in [0.717, 1.165) is 23.2 Å². The first kappa shape index (κ1) is 14.1. The number of benzene rings is 1. The van der Waals surface area contributed by atoms with Crippen LogP contribution in [0.1, 0.15) is 17.7 Å². The van der Waals surface area contributed by atoms with E-state index in [4.69, 9.17) is 4.74 Å². The first-order chi connectivity index (χ1) is 10.2. The highest BCUT2D eigenvalue weighted by Crippen LogP contribution is 2.25. The normalized spacial score (nSPS) is 14.9. The van der Waals surface area contributed by atoms with Gasteiger partial charge >= 0.3 is 5.97 Å². The molecule has 2 aromatic rings. The molecule has 2 heterocycles. The third-order valence-electron chi connectivity index (χ3n) is 3.59. The molecular weight excluding hydrogens is 286 g/mol. The number of thiophene rings is 1. The molecule has 0 radical (unpaired) electrons. The number of hydrogen-bond acceptors (Lipinski definition) is 4. The molecule has 1 aliphatic rings. The van der Waals surface area contributed by atoms with Gasteiger partial charge in [0, 0.05) is 22.5 Å². The van der Waals surface area contributed by atoms with Crippen LogP contribution < -0.4 is 0 Å². The minimum Gasteiger partial charge on any atom is -0.464 e. The summed E-state index contributed by atoms with van der Waals surface area (Å²) in [5.74, 6) is -0.0660. The summed E-state index contributed by atoms with van der Waals surface area (Å²) in [4.78, 5) is 26.0. The molecule has 4 nitrogen and oxygen atoms in total. The molecule has 110 valence electrons. The van der Waals surface area contributed by atoms with Gasteiger partial charge in [0.1, 0.15) is 6.61 Å². The minimum absolute atomic E-state index is 0.163. The molecule has 0 atom stereocenters. The summed E-state index contributed by atoms with van der Waals surface area (Å²) in [6.07, 6.45) is 1.83. The zero-order valence-electron chi connectivity index (χ0n) is 11.7. The Labute approximate surface area is 127 Å². The van der Waals surface area contributed by atoms with Gasteiger partial charge in [-0.1, -0.05) is 18.2 Å². The quantitative estimate of drug-likeness (QED) is 0.798.